The molecule has 150 valence electrons. The summed E-state index contributed by atoms with van der Waals surface area (Å²) in [5, 5.41) is 7.94. The highest BCUT2D eigenvalue weighted by Crippen LogP contribution is 2.27. The Morgan fingerprint density at radius 2 is 2.04 bits per heavy atom. The number of carbonyl (C=O) groups is 2. The molecule has 1 aliphatic heterocycles. The zero-order valence-corrected chi connectivity index (χ0v) is 16.7. The Morgan fingerprint density at radius 3 is 2.71 bits per heavy atom. The number of halogens is 1. The molecule has 9 heteroatoms. The van der Waals surface area contributed by atoms with E-state index < -0.39 is 5.25 Å². The molecule has 0 N–H and O–H groups in total. The minimum atomic E-state index is -0.408. The molecule has 0 bridgehead atoms. The number of aromatic nitrogens is 3. The lowest BCUT2D eigenvalue weighted by molar-refractivity contribution is -0.151. The molecule has 7 nitrogen and oxygen atoms in total. The highest BCUT2D eigenvalue weighted by Gasteiger charge is 2.31. The van der Waals surface area contributed by atoms with E-state index in [-0.39, 0.29) is 23.6 Å². The van der Waals surface area contributed by atoms with Crippen LogP contribution in [-0.2, 0) is 14.3 Å². The smallest absolute Gasteiger partial charge is 0.309 e. The van der Waals surface area contributed by atoms with Crippen molar-refractivity contribution in [3.8, 4) is 5.69 Å². The molecule has 28 heavy (non-hydrogen) atoms. The van der Waals surface area contributed by atoms with Gasteiger partial charge in [-0.2, -0.15) is 0 Å². The summed E-state index contributed by atoms with van der Waals surface area (Å²) >= 11 is 1.24. The first-order valence-electron chi connectivity index (χ1n) is 9.28. The Labute approximate surface area is 167 Å². The third-order valence-electron chi connectivity index (χ3n) is 4.68. The number of hydrogen-bond acceptors (Lipinski definition) is 6. The van der Waals surface area contributed by atoms with Gasteiger partial charge < -0.3 is 9.64 Å². The average Bonchev–Trinajstić information content (AvgIpc) is 3.16. The summed E-state index contributed by atoms with van der Waals surface area (Å²) in [5.41, 5.74) is 0.338. The van der Waals surface area contributed by atoms with E-state index >= 15 is 0 Å². The highest BCUT2D eigenvalue weighted by molar-refractivity contribution is 8.00. The first-order chi connectivity index (χ1) is 13.5. The summed E-state index contributed by atoms with van der Waals surface area (Å²) in [4.78, 5) is 26.4. The number of amides is 1. The first kappa shape index (κ1) is 20.3. The van der Waals surface area contributed by atoms with Crippen molar-refractivity contribution in [1.82, 2.24) is 19.7 Å². The molecule has 1 aliphatic rings. The number of hydrogen-bond donors (Lipinski definition) is 0. The molecule has 0 radical (unpaired) electrons. The second kappa shape index (κ2) is 9.18. The van der Waals surface area contributed by atoms with E-state index in [9.17, 15) is 14.0 Å². The van der Waals surface area contributed by atoms with Crippen LogP contribution in [0.15, 0.2) is 35.7 Å². The van der Waals surface area contributed by atoms with E-state index in [1.165, 1.54) is 28.7 Å². The number of piperidine rings is 1. The zero-order chi connectivity index (χ0) is 20.1. The molecule has 2 aromatic rings. The van der Waals surface area contributed by atoms with Crippen LogP contribution in [0.1, 0.15) is 26.7 Å². The fraction of sp³-hybridized carbons (Fsp3) is 0.474. The lowest BCUT2D eigenvalue weighted by atomic mass is 9.97. The van der Waals surface area contributed by atoms with Crippen LogP contribution in [-0.4, -0.2) is 56.5 Å². The standard InChI is InChI=1S/C19H23FN4O3S/c1-3-27-18(26)14-8-10-23(11-9-14)17(25)13(2)28-19-22-21-12-24(19)16-7-5-4-6-15(16)20/h4-7,12-14H,3,8-11H2,1-2H3/t13-/m1/s1. The van der Waals surface area contributed by atoms with Gasteiger partial charge >= 0.3 is 5.97 Å². The van der Waals surface area contributed by atoms with Crippen molar-refractivity contribution in [3.05, 3.63) is 36.4 Å². The van der Waals surface area contributed by atoms with Crippen molar-refractivity contribution in [2.24, 2.45) is 5.92 Å². The molecule has 0 saturated carbocycles. The predicted octanol–water partition coefficient (Wildman–Crippen LogP) is 2.69. The summed E-state index contributed by atoms with van der Waals surface area (Å²) in [5.74, 6) is -0.745. The van der Waals surface area contributed by atoms with Crippen LogP contribution in [0.5, 0.6) is 0 Å². The van der Waals surface area contributed by atoms with Gasteiger partial charge in [-0.1, -0.05) is 23.9 Å². The number of para-hydroxylation sites is 1. The van der Waals surface area contributed by atoms with E-state index in [1.54, 1.807) is 36.9 Å². The van der Waals surface area contributed by atoms with Crippen molar-refractivity contribution < 1.29 is 18.7 Å². The van der Waals surface area contributed by atoms with Crippen LogP contribution in [0.25, 0.3) is 5.69 Å². The second-order valence-electron chi connectivity index (χ2n) is 6.55. The molecule has 0 unspecified atom stereocenters. The molecule has 1 aromatic heterocycles. The molecular formula is C19H23FN4O3S. The van der Waals surface area contributed by atoms with Gasteiger partial charge in [0.25, 0.3) is 0 Å². The molecule has 1 saturated heterocycles. The van der Waals surface area contributed by atoms with E-state index in [4.69, 9.17) is 4.74 Å². The van der Waals surface area contributed by atoms with Gasteiger partial charge in [0.15, 0.2) is 5.16 Å². The quantitative estimate of drug-likeness (QED) is 0.542. The van der Waals surface area contributed by atoms with Crippen molar-refractivity contribution in [2.45, 2.75) is 37.1 Å². The van der Waals surface area contributed by atoms with Crippen molar-refractivity contribution in [3.63, 3.8) is 0 Å². The maximum atomic E-state index is 14.1. The third kappa shape index (κ3) is 4.52. The monoisotopic (exact) mass is 406 g/mol. The second-order valence-corrected chi connectivity index (χ2v) is 7.85. The van der Waals surface area contributed by atoms with Crippen molar-refractivity contribution in [2.75, 3.05) is 19.7 Å². The minimum absolute atomic E-state index is 0.0320. The Balaban J connectivity index is 1.61. The average molecular weight is 406 g/mol. The fourth-order valence-corrected chi connectivity index (χ4v) is 4.10. The Hall–Kier alpha value is -2.42. The van der Waals surface area contributed by atoms with Gasteiger partial charge in [0.1, 0.15) is 12.1 Å². The van der Waals surface area contributed by atoms with Crippen LogP contribution < -0.4 is 0 Å². The number of nitrogens with zero attached hydrogens (tertiary/aromatic N) is 4. The Morgan fingerprint density at radius 1 is 1.32 bits per heavy atom. The van der Waals surface area contributed by atoms with Crippen molar-refractivity contribution in [1.29, 1.82) is 0 Å². The maximum absolute atomic E-state index is 14.1. The van der Waals surface area contributed by atoms with Gasteiger partial charge in [0.2, 0.25) is 5.91 Å². The summed E-state index contributed by atoms with van der Waals surface area (Å²) < 4.78 is 20.7. The largest absolute Gasteiger partial charge is 0.466 e. The lowest BCUT2D eigenvalue weighted by Gasteiger charge is -2.32. The maximum Gasteiger partial charge on any atom is 0.309 e. The topological polar surface area (TPSA) is 77.3 Å². The first-order valence-corrected chi connectivity index (χ1v) is 10.2. The van der Waals surface area contributed by atoms with Crippen LogP contribution in [0.4, 0.5) is 4.39 Å². The summed E-state index contributed by atoms with van der Waals surface area (Å²) in [6, 6.07) is 6.35. The van der Waals surface area contributed by atoms with Crippen LogP contribution in [0.3, 0.4) is 0 Å². The molecule has 3 rings (SSSR count). The van der Waals surface area contributed by atoms with E-state index in [0.29, 0.717) is 43.4 Å². The van der Waals surface area contributed by atoms with Crippen LogP contribution in [0, 0.1) is 11.7 Å². The van der Waals surface area contributed by atoms with Crippen LogP contribution >= 0.6 is 11.8 Å². The Kier molecular flexibility index (Phi) is 6.66. The summed E-state index contributed by atoms with van der Waals surface area (Å²) in [6.45, 7) is 5.00. The zero-order valence-electron chi connectivity index (χ0n) is 15.9. The number of esters is 1. The van der Waals surface area contributed by atoms with Gasteiger partial charge in [-0.3, -0.25) is 14.2 Å². The number of ether oxygens (including phenoxy) is 1. The third-order valence-corrected chi connectivity index (χ3v) is 5.73. The molecule has 0 aliphatic carbocycles. The molecule has 1 amide bonds. The Bertz CT molecular complexity index is 836. The molecule has 1 atom stereocenters. The summed E-state index contributed by atoms with van der Waals surface area (Å²) in [7, 11) is 0. The number of carbonyl (C=O) groups excluding carboxylic acids is 2. The van der Waals surface area contributed by atoms with Gasteiger partial charge in [0.05, 0.1) is 23.5 Å². The van der Waals surface area contributed by atoms with Crippen LogP contribution in [0.2, 0.25) is 0 Å². The van der Waals surface area contributed by atoms with Gasteiger partial charge in [-0.15, -0.1) is 10.2 Å². The molecule has 1 aromatic carbocycles. The van der Waals surface area contributed by atoms with E-state index in [2.05, 4.69) is 10.2 Å². The van der Waals surface area contributed by atoms with E-state index in [1.807, 2.05) is 0 Å². The fourth-order valence-electron chi connectivity index (χ4n) is 3.18. The highest BCUT2D eigenvalue weighted by atomic mass is 32.2. The molecule has 1 fully saturated rings. The molecule has 2 heterocycles. The number of likely N-dealkylation sites (tertiary alicyclic amines) is 1. The van der Waals surface area contributed by atoms with E-state index in [0.717, 1.165) is 0 Å². The molecule has 0 spiro atoms. The predicted molar refractivity (Wildman–Crippen MR) is 103 cm³/mol. The van der Waals surface area contributed by atoms with Crippen molar-refractivity contribution >= 4 is 23.6 Å². The molecular weight excluding hydrogens is 383 g/mol. The SMILES string of the molecule is CCOC(=O)C1CCN(C(=O)[C@@H](C)Sc2nncn2-c2ccccc2F)CC1. The van der Waals surface area contributed by atoms with Gasteiger partial charge in [-0.05, 0) is 38.8 Å². The lowest BCUT2D eigenvalue weighted by Crippen LogP contribution is -2.43. The normalized spacial score (nSPS) is 16.0. The van der Waals surface area contributed by atoms with Gasteiger partial charge in [-0.25, -0.2) is 4.39 Å². The minimum Gasteiger partial charge on any atom is -0.466 e. The number of rotatable bonds is 6. The number of thioether (sulfide) groups is 1. The summed E-state index contributed by atoms with van der Waals surface area (Å²) in [6.07, 6.45) is 2.64. The number of benzene rings is 1. The van der Waals surface area contributed by atoms with Gasteiger partial charge in [0, 0.05) is 13.1 Å².